The Kier molecular flexibility index (Phi) is 5.24. The summed E-state index contributed by atoms with van der Waals surface area (Å²) in [7, 11) is 0. The Morgan fingerprint density at radius 2 is 1.83 bits per heavy atom. The fourth-order valence-corrected chi connectivity index (χ4v) is 4.03. The van der Waals surface area contributed by atoms with Gasteiger partial charge in [0, 0.05) is 25.7 Å². The first kappa shape index (κ1) is 19.8. The summed E-state index contributed by atoms with van der Waals surface area (Å²) < 4.78 is 48.5. The molecule has 156 valence electrons. The fraction of sp³-hybridized carbons (Fsp3) is 0.500. The van der Waals surface area contributed by atoms with Gasteiger partial charge in [0.15, 0.2) is 0 Å². The molecule has 6 nitrogen and oxygen atoms in total. The van der Waals surface area contributed by atoms with E-state index in [0.717, 1.165) is 5.56 Å². The number of aromatic nitrogens is 2. The second-order valence-corrected chi connectivity index (χ2v) is 7.34. The number of hydrogen-bond donors (Lipinski definition) is 0. The highest BCUT2D eigenvalue weighted by atomic mass is 19.4. The summed E-state index contributed by atoms with van der Waals surface area (Å²) in [6.45, 7) is 3.80. The Hall–Kier alpha value is -2.55. The number of anilines is 2. The lowest BCUT2D eigenvalue weighted by molar-refractivity contribution is -0.154. The fourth-order valence-electron chi connectivity index (χ4n) is 4.03. The minimum atomic E-state index is -4.43. The van der Waals surface area contributed by atoms with Crippen molar-refractivity contribution in [3.8, 4) is 0 Å². The lowest BCUT2D eigenvalue weighted by Gasteiger charge is -2.43. The maximum Gasteiger partial charge on any atom is 0.408 e. The summed E-state index contributed by atoms with van der Waals surface area (Å²) >= 11 is 0. The minimum absolute atomic E-state index is 0.00720. The van der Waals surface area contributed by atoms with E-state index in [1.165, 1.54) is 15.5 Å². The van der Waals surface area contributed by atoms with E-state index in [-0.39, 0.29) is 24.5 Å². The van der Waals surface area contributed by atoms with Crippen molar-refractivity contribution in [1.29, 1.82) is 0 Å². The van der Waals surface area contributed by atoms with Gasteiger partial charge in [-0.05, 0) is 18.9 Å². The number of alkyl halides is 3. The van der Waals surface area contributed by atoms with E-state index in [1.54, 1.807) is 31.2 Å². The average molecular weight is 408 g/mol. The number of rotatable bonds is 3. The van der Waals surface area contributed by atoms with Crippen LogP contribution in [0.4, 0.5) is 24.9 Å². The Labute approximate surface area is 166 Å². The average Bonchev–Trinajstić information content (AvgIpc) is 2.73. The summed E-state index contributed by atoms with van der Waals surface area (Å²) in [5.74, 6) is 0.474. The van der Waals surface area contributed by atoms with Gasteiger partial charge in [0.1, 0.15) is 11.9 Å². The van der Waals surface area contributed by atoms with E-state index >= 15 is 0 Å². The molecule has 0 aliphatic carbocycles. The molecule has 29 heavy (non-hydrogen) atoms. The maximum absolute atomic E-state index is 13.9. The Balaban J connectivity index is 1.82. The van der Waals surface area contributed by atoms with Crippen molar-refractivity contribution in [3.63, 3.8) is 0 Å². The van der Waals surface area contributed by atoms with Crippen LogP contribution in [0.3, 0.4) is 0 Å². The predicted octanol–water partition coefficient (Wildman–Crippen LogP) is 2.98. The lowest BCUT2D eigenvalue weighted by atomic mass is 10.0. The molecule has 0 spiro atoms. The standard InChI is InChI=1S/C20H23F3N4O2/c1-14(15-5-3-2-4-6-15)27-16(20(21,22)23)7-8-26-18(28)13-17(24-19(26)27)25-9-11-29-12-10-25/h2-6,13-14,16H,7-12H2,1H3. The summed E-state index contributed by atoms with van der Waals surface area (Å²) in [5.41, 5.74) is 0.406. The lowest BCUT2D eigenvalue weighted by Crippen LogP contribution is -2.53. The Bertz CT molecular complexity index is 910. The molecule has 1 aromatic heterocycles. The monoisotopic (exact) mass is 408 g/mol. The summed E-state index contributed by atoms with van der Waals surface area (Å²) in [6, 6.07) is 8.11. The van der Waals surface area contributed by atoms with Crippen molar-refractivity contribution in [2.75, 3.05) is 36.1 Å². The molecule has 1 aromatic carbocycles. The van der Waals surface area contributed by atoms with Crippen LogP contribution in [-0.4, -0.2) is 48.1 Å². The number of halogens is 3. The third-order valence-corrected chi connectivity index (χ3v) is 5.58. The molecule has 0 bridgehead atoms. The van der Waals surface area contributed by atoms with Gasteiger partial charge in [0.2, 0.25) is 5.95 Å². The molecule has 2 aromatic rings. The molecular formula is C20H23F3N4O2. The smallest absolute Gasteiger partial charge is 0.378 e. The highest BCUT2D eigenvalue weighted by Crippen LogP contribution is 2.39. The van der Waals surface area contributed by atoms with Crippen LogP contribution in [0.1, 0.15) is 24.9 Å². The minimum Gasteiger partial charge on any atom is -0.378 e. The normalized spacial score (nSPS) is 21.0. The van der Waals surface area contributed by atoms with Gasteiger partial charge < -0.3 is 14.5 Å². The van der Waals surface area contributed by atoms with Crippen LogP contribution >= 0.6 is 0 Å². The SMILES string of the molecule is CC(c1ccccc1)N1c2nc(N3CCOCC3)cc(=O)n2CCC1C(F)(F)F. The predicted molar refractivity (Wildman–Crippen MR) is 103 cm³/mol. The van der Waals surface area contributed by atoms with Gasteiger partial charge in [-0.15, -0.1) is 0 Å². The number of nitrogens with zero attached hydrogens (tertiary/aromatic N) is 4. The number of benzene rings is 1. The Morgan fingerprint density at radius 1 is 1.14 bits per heavy atom. The van der Waals surface area contributed by atoms with E-state index < -0.39 is 18.3 Å². The molecule has 4 rings (SSSR count). The van der Waals surface area contributed by atoms with Crippen LogP contribution in [-0.2, 0) is 11.3 Å². The third kappa shape index (κ3) is 3.83. The highest BCUT2D eigenvalue weighted by Gasteiger charge is 2.48. The highest BCUT2D eigenvalue weighted by molar-refractivity contribution is 5.48. The molecule has 1 fully saturated rings. The number of morpholine rings is 1. The molecule has 0 radical (unpaired) electrons. The molecule has 2 atom stereocenters. The largest absolute Gasteiger partial charge is 0.408 e. The molecule has 3 heterocycles. The Morgan fingerprint density at radius 3 is 2.48 bits per heavy atom. The van der Waals surface area contributed by atoms with E-state index in [1.807, 2.05) is 11.0 Å². The second kappa shape index (κ2) is 7.70. The van der Waals surface area contributed by atoms with Crippen LogP contribution in [0.25, 0.3) is 0 Å². The molecule has 2 unspecified atom stereocenters. The van der Waals surface area contributed by atoms with Gasteiger partial charge in [0.05, 0.1) is 19.3 Å². The van der Waals surface area contributed by atoms with Crippen molar-refractivity contribution in [1.82, 2.24) is 9.55 Å². The van der Waals surface area contributed by atoms with Gasteiger partial charge >= 0.3 is 6.18 Å². The summed E-state index contributed by atoms with van der Waals surface area (Å²) in [6.07, 6.45) is -4.62. The van der Waals surface area contributed by atoms with Gasteiger partial charge in [-0.2, -0.15) is 18.2 Å². The number of ether oxygens (including phenoxy) is 1. The van der Waals surface area contributed by atoms with Crippen LogP contribution in [0.15, 0.2) is 41.2 Å². The van der Waals surface area contributed by atoms with Crippen molar-refractivity contribution >= 4 is 11.8 Å². The number of fused-ring (bicyclic) bond motifs is 1. The zero-order chi connectivity index (χ0) is 20.6. The quantitative estimate of drug-likeness (QED) is 0.782. The maximum atomic E-state index is 13.9. The summed E-state index contributed by atoms with van der Waals surface area (Å²) in [4.78, 5) is 20.4. The first-order valence-electron chi connectivity index (χ1n) is 9.71. The molecule has 0 N–H and O–H groups in total. The van der Waals surface area contributed by atoms with Gasteiger partial charge in [-0.25, -0.2) is 0 Å². The molecule has 0 amide bonds. The number of hydrogen-bond acceptors (Lipinski definition) is 5. The van der Waals surface area contributed by atoms with Crippen molar-refractivity contribution < 1.29 is 17.9 Å². The molecule has 9 heteroatoms. The molecule has 1 saturated heterocycles. The van der Waals surface area contributed by atoms with Crippen LogP contribution < -0.4 is 15.4 Å². The van der Waals surface area contributed by atoms with Crippen LogP contribution in [0.5, 0.6) is 0 Å². The zero-order valence-electron chi connectivity index (χ0n) is 16.1. The topological polar surface area (TPSA) is 50.6 Å². The van der Waals surface area contributed by atoms with Crippen molar-refractivity contribution in [2.45, 2.75) is 38.1 Å². The first-order valence-corrected chi connectivity index (χ1v) is 9.71. The molecule has 0 saturated carbocycles. The zero-order valence-corrected chi connectivity index (χ0v) is 16.1. The van der Waals surface area contributed by atoms with Gasteiger partial charge in [0.25, 0.3) is 5.56 Å². The molecule has 2 aliphatic heterocycles. The van der Waals surface area contributed by atoms with Crippen LogP contribution in [0, 0.1) is 0 Å². The summed E-state index contributed by atoms with van der Waals surface area (Å²) in [5, 5.41) is 0. The first-order chi connectivity index (χ1) is 13.9. The van der Waals surface area contributed by atoms with Crippen molar-refractivity contribution in [3.05, 3.63) is 52.3 Å². The molecular weight excluding hydrogens is 385 g/mol. The second-order valence-electron chi connectivity index (χ2n) is 7.34. The van der Waals surface area contributed by atoms with E-state index in [0.29, 0.717) is 32.1 Å². The molecule has 2 aliphatic rings. The van der Waals surface area contributed by atoms with Crippen molar-refractivity contribution in [2.24, 2.45) is 0 Å². The van der Waals surface area contributed by atoms with Crippen LogP contribution in [0.2, 0.25) is 0 Å². The van der Waals surface area contributed by atoms with Gasteiger partial charge in [-0.3, -0.25) is 9.36 Å². The van der Waals surface area contributed by atoms with Gasteiger partial charge in [-0.1, -0.05) is 30.3 Å². The van der Waals surface area contributed by atoms with E-state index in [2.05, 4.69) is 4.98 Å². The van der Waals surface area contributed by atoms with E-state index in [9.17, 15) is 18.0 Å². The van der Waals surface area contributed by atoms with E-state index in [4.69, 9.17) is 4.74 Å². The third-order valence-electron chi connectivity index (χ3n) is 5.58.